The molecular weight excluding hydrogens is 343 g/mol. The summed E-state index contributed by atoms with van der Waals surface area (Å²) in [7, 11) is -3.70. The fourth-order valence-electron chi connectivity index (χ4n) is 2.12. The number of nitrogens with zero attached hydrogens (tertiary/aromatic N) is 1. The van der Waals surface area contributed by atoms with E-state index < -0.39 is 10.0 Å². The number of nitrogens with one attached hydrogen (secondary N) is 2. The van der Waals surface area contributed by atoms with Gasteiger partial charge in [-0.15, -0.1) is 0 Å². The highest BCUT2D eigenvalue weighted by Crippen LogP contribution is 2.10. The number of sulfonamides is 1. The Balaban J connectivity index is 2.03. The Morgan fingerprint density at radius 3 is 2.40 bits per heavy atom. The van der Waals surface area contributed by atoms with Gasteiger partial charge in [0.15, 0.2) is 5.96 Å². The summed E-state index contributed by atoms with van der Waals surface area (Å²) in [5, 5.41) is 11.2. The molecule has 0 heterocycles. The van der Waals surface area contributed by atoms with E-state index in [2.05, 4.69) is 15.6 Å². The number of hydrogen-bond acceptors (Lipinski definition) is 3. The van der Waals surface area contributed by atoms with Gasteiger partial charge in [-0.3, -0.25) is 0 Å². The van der Waals surface area contributed by atoms with E-state index in [0.717, 1.165) is 5.56 Å². The summed E-state index contributed by atoms with van der Waals surface area (Å²) >= 11 is 0. The van der Waals surface area contributed by atoms with Crippen molar-refractivity contribution in [2.75, 3.05) is 6.54 Å². The molecule has 0 radical (unpaired) electrons. The normalized spacial score (nSPS) is 12.0. The molecular formula is C17H21FN4O2S. The standard InChI is InChI=1S/C17H21FN4O2S/c1-2-20-17(22-12-14-5-3-4-6-16(14)18)21-11-13-7-9-15(10-8-13)25(19,23)24/h3-10H,2,11-12H2,1H3,(H2,19,23,24)(H2,20,21,22). The summed E-state index contributed by atoms with van der Waals surface area (Å²) in [6.45, 7) is 3.25. The van der Waals surface area contributed by atoms with Crippen molar-refractivity contribution in [3.8, 4) is 0 Å². The average molecular weight is 364 g/mol. The van der Waals surface area contributed by atoms with Crippen molar-refractivity contribution in [2.24, 2.45) is 10.1 Å². The maximum atomic E-state index is 13.7. The smallest absolute Gasteiger partial charge is 0.238 e. The third-order valence-electron chi connectivity index (χ3n) is 3.42. The molecule has 0 saturated heterocycles. The fraction of sp³-hybridized carbons (Fsp3) is 0.235. The van der Waals surface area contributed by atoms with Gasteiger partial charge in [-0.25, -0.2) is 22.9 Å². The highest BCUT2D eigenvalue weighted by atomic mass is 32.2. The topological polar surface area (TPSA) is 96.6 Å². The maximum Gasteiger partial charge on any atom is 0.238 e. The van der Waals surface area contributed by atoms with Gasteiger partial charge in [-0.1, -0.05) is 30.3 Å². The maximum absolute atomic E-state index is 13.7. The number of rotatable bonds is 6. The monoisotopic (exact) mass is 364 g/mol. The number of aliphatic imine (C=N–C) groups is 1. The van der Waals surface area contributed by atoms with Crippen LogP contribution in [0.15, 0.2) is 58.4 Å². The molecule has 0 saturated carbocycles. The summed E-state index contributed by atoms with van der Waals surface area (Å²) in [4.78, 5) is 4.47. The molecule has 0 spiro atoms. The average Bonchev–Trinajstić information content (AvgIpc) is 2.58. The molecule has 25 heavy (non-hydrogen) atoms. The van der Waals surface area contributed by atoms with Gasteiger partial charge >= 0.3 is 0 Å². The molecule has 0 aliphatic carbocycles. The number of benzene rings is 2. The zero-order valence-electron chi connectivity index (χ0n) is 13.9. The Kier molecular flexibility index (Phi) is 6.49. The Labute approximate surface area is 147 Å². The van der Waals surface area contributed by atoms with Crippen LogP contribution >= 0.6 is 0 Å². The minimum absolute atomic E-state index is 0.0600. The van der Waals surface area contributed by atoms with Crippen molar-refractivity contribution in [3.63, 3.8) is 0 Å². The first-order chi connectivity index (χ1) is 11.9. The molecule has 2 rings (SSSR count). The van der Waals surface area contributed by atoms with Gasteiger partial charge in [0.1, 0.15) is 5.82 Å². The van der Waals surface area contributed by atoms with E-state index in [-0.39, 0.29) is 10.7 Å². The van der Waals surface area contributed by atoms with Crippen molar-refractivity contribution < 1.29 is 12.8 Å². The van der Waals surface area contributed by atoms with Crippen LogP contribution < -0.4 is 15.8 Å². The third-order valence-corrected chi connectivity index (χ3v) is 4.35. The minimum atomic E-state index is -3.70. The van der Waals surface area contributed by atoms with Crippen LogP contribution in [0.25, 0.3) is 0 Å². The Hall–Kier alpha value is -2.45. The molecule has 4 N–H and O–H groups in total. The third kappa shape index (κ3) is 5.84. The fourth-order valence-corrected chi connectivity index (χ4v) is 2.63. The summed E-state index contributed by atoms with van der Waals surface area (Å²) < 4.78 is 36.1. The molecule has 134 valence electrons. The number of halogens is 1. The predicted molar refractivity (Wildman–Crippen MR) is 95.9 cm³/mol. The Bertz CT molecular complexity index is 836. The van der Waals surface area contributed by atoms with Crippen LogP contribution in [0.5, 0.6) is 0 Å². The van der Waals surface area contributed by atoms with Gasteiger partial charge in [0.2, 0.25) is 10.0 Å². The minimum Gasteiger partial charge on any atom is -0.357 e. The van der Waals surface area contributed by atoms with Gasteiger partial charge in [0.25, 0.3) is 0 Å². The van der Waals surface area contributed by atoms with E-state index in [0.29, 0.717) is 31.2 Å². The first kappa shape index (κ1) is 18.9. The molecule has 0 aliphatic rings. The molecule has 0 fully saturated rings. The molecule has 6 nitrogen and oxygen atoms in total. The quantitative estimate of drug-likeness (QED) is 0.537. The van der Waals surface area contributed by atoms with Crippen LogP contribution in [0.1, 0.15) is 18.1 Å². The van der Waals surface area contributed by atoms with Gasteiger partial charge < -0.3 is 10.6 Å². The molecule has 0 unspecified atom stereocenters. The highest BCUT2D eigenvalue weighted by molar-refractivity contribution is 7.89. The van der Waals surface area contributed by atoms with Crippen molar-refractivity contribution >= 4 is 16.0 Å². The summed E-state index contributed by atoms with van der Waals surface area (Å²) in [6.07, 6.45) is 0. The SMILES string of the molecule is CCNC(=NCc1ccc(S(N)(=O)=O)cc1)NCc1ccccc1F. The molecule has 2 aromatic rings. The largest absolute Gasteiger partial charge is 0.357 e. The molecule has 0 bridgehead atoms. The second kappa shape index (κ2) is 8.59. The van der Waals surface area contributed by atoms with E-state index in [1.807, 2.05) is 6.92 Å². The zero-order chi connectivity index (χ0) is 18.3. The zero-order valence-corrected chi connectivity index (χ0v) is 14.7. The Morgan fingerprint density at radius 1 is 1.12 bits per heavy atom. The lowest BCUT2D eigenvalue weighted by molar-refractivity contribution is 0.597. The lowest BCUT2D eigenvalue weighted by Crippen LogP contribution is -2.37. The number of guanidine groups is 1. The van der Waals surface area contributed by atoms with Crippen LogP contribution in [0.2, 0.25) is 0 Å². The van der Waals surface area contributed by atoms with Gasteiger partial charge in [0, 0.05) is 18.7 Å². The van der Waals surface area contributed by atoms with Crippen LogP contribution in [0.4, 0.5) is 4.39 Å². The summed E-state index contributed by atoms with van der Waals surface area (Å²) in [5.74, 6) is 0.269. The van der Waals surface area contributed by atoms with Gasteiger partial charge in [-0.2, -0.15) is 0 Å². The summed E-state index contributed by atoms with van der Waals surface area (Å²) in [6, 6.07) is 12.7. The van der Waals surface area contributed by atoms with Crippen molar-refractivity contribution in [1.82, 2.24) is 10.6 Å². The van der Waals surface area contributed by atoms with E-state index in [1.54, 1.807) is 30.3 Å². The first-order valence-corrected chi connectivity index (χ1v) is 9.32. The van der Waals surface area contributed by atoms with Crippen LogP contribution in [0, 0.1) is 5.82 Å². The molecule has 0 aliphatic heterocycles. The van der Waals surface area contributed by atoms with E-state index in [1.165, 1.54) is 18.2 Å². The second-order valence-electron chi connectivity index (χ2n) is 5.33. The lowest BCUT2D eigenvalue weighted by Gasteiger charge is -2.12. The lowest BCUT2D eigenvalue weighted by atomic mass is 10.2. The van der Waals surface area contributed by atoms with Crippen molar-refractivity contribution in [1.29, 1.82) is 0 Å². The van der Waals surface area contributed by atoms with Crippen LogP contribution in [0.3, 0.4) is 0 Å². The molecule has 8 heteroatoms. The molecule has 0 aromatic heterocycles. The van der Waals surface area contributed by atoms with E-state index in [9.17, 15) is 12.8 Å². The van der Waals surface area contributed by atoms with Crippen LogP contribution in [-0.4, -0.2) is 20.9 Å². The molecule has 2 aromatic carbocycles. The predicted octanol–water partition coefficient (Wildman–Crippen LogP) is 1.73. The molecule has 0 atom stereocenters. The first-order valence-electron chi connectivity index (χ1n) is 7.77. The number of nitrogens with two attached hydrogens (primary N) is 1. The molecule has 0 amide bonds. The number of primary sulfonamides is 1. The second-order valence-corrected chi connectivity index (χ2v) is 6.89. The van der Waals surface area contributed by atoms with Crippen LogP contribution in [-0.2, 0) is 23.1 Å². The Morgan fingerprint density at radius 2 is 1.80 bits per heavy atom. The van der Waals surface area contributed by atoms with Crippen molar-refractivity contribution in [2.45, 2.75) is 24.9 Å². The summed E-state index contributed by atoms with van der Waals surface area (Å²) in [5.41, 5.74) is 1.38. The van der Waals surface area contributed by atoms with E-state index in [4.69, 9.17) is 5.14 Å². The van der Waals surface area contributed by atoms with Gasteiger partial charge in [-0.05, 0) is 30.7 Å². The van der Waals surface area contributed by atoms with Gasteiger partial charge in [0.05, 0.1) is 11.4 Å². The van der Waals surface area contributed by atoms with Crippen molar-refractivity contribution in [3.05, 3.63) is 65.5 Å². The number of hydrogen-bond donors (Lipinski definition) is 3. The highest BCUT2D eigenvalue weighted by Gasteiger charge is 2.07. The van der Waals surface area contributed by atoms with E-state index >= 15 is 0 Å².